The minimum atomic E-state index is -0.534. The van der Waals surface area contributed by atoms with E-state index in [1.165, 1.54) is 0 Å². The molecule has 5 heteroatoms. The molecule has 1 heterocycles. The van der Waals surface area contributed by atoms with E-state index in [1.807, 2.05) is 38.1 Å². The molecule has 0 aliphatic rings. The van der Waals surface area contributed by atoms with Gasteiger partial charge in [-0.05, 0) is 31.9 Å². The molecule has 0 aliphatic carbocycles. The molecule has 0 saturated carbocycles. The first-order valence-electron chi connectivity index (χ1n) is 6.24. The van der Waals surface area contributed by atoms with E-state index < -0.39 is 5.60 Å². The molecular weight excluding hydrogens is 242 g/mol. The lowest BCUT2D eigenvalue weighted by Gasteiger charge is -2.17. The van der Waals surface area contributed by atoms with E-state index in [0.717, 1.165) is 17.7 Å². The van der Waals surface area contributed by atoms with Gasteiger partial charge in [0.15, 0.2) is 0 Å². The SMILES string of the molecule is COC(C)(C)c1noc(CCc2ccccc2N)n1. The second kappa shape index (κ2) is 5.40. The van der Waals surface area contributed by atoms with Crippen LogP contribution in [0.1, 0.15) is 31.1 Å². The third kappa shape index (κ3) is 3.12. The Balaban J connectivity index is 2.03. The van der Waals surface area contributed by atoms with E-state index in [0.29, 0.717) is 18.1 Å². The van der Waals surface area contributed by atoms with Crippen LogP contribution in [0.3, 0.4) is 0 Å². The third-order valence-corrected chi connectivity index (χ3v) is 3.18. The van der Waals surface area contributed by atoms with Gasteiger partial charge in [0.25, 0.3) is 0 Å². The van der Waals surface area contributed by atoms with Gasteiger partial charge in [0.05, 0.1) is 0 Å². The molecule has 102 valence electrons. The molecule has 1 aromatic carbocycles. The number of hydrogen-bond acceptors (Lipinski definition) is 5. The first kappa shape index (κ1) is 13.5. The van der Waals surface area contributed by atoms with Gasteiger partial charge in [0.2, 0.25) is 11.7 Å². The Morgan fingerprint density at radius 1 is 1.26 bits per heavy atom. The minimum absolute atomic E-state index is 0.534. The molecule has 0 atom stereocenters. The Labute approximate surface area is 112 Å². The average Bonchev–Trinajstić information content (AvgIpc) is 2.87. The maximum atomic E-state index is 5.89. The van der Waals surface area contributed by atoms with Crippen LogP contribution in [0, 0.1) is 0 Å². The van der Waals surface area contributed by atoms with Crippen molar-refractivity contribution >= 4 is 5.69 Å². The Bertz CT molecular complexity index is 549. The van der Waals surface area contributed by atoms with Gasteiger partial charge in [-0.1, -0.05) is 23.4 Å². The predicted molar refractivity (Wildman–Crippen MR) is 72.6 cm³/mol. The summed E-state index contributed by atoms with van der Waals surface area (Å²) in [5, 5.41) is 3.95. The van der Waals surface area contributed by atoms with Crippen molar-refractivity contribution in [1.29, 1.82) is 0 Å². The Kier molecular flexibility index (Phi) is 3.85. The van der Waals surface area contributed by atoms with E-state index in [-0.39, 0.29) is 0 Å². The number of aromatic nitrogens is 2. The number of nitrogens with zero attached hydrogens (tertiary/aromatic N) is 2. The maximum Gasteiger partial charge on any atom is 0.227 e. The van der Waals surface area contributed by atoms with Crippen LogP contribution in [0.2, 0.25) is 0 Å². The zero-order valence-corrected chi connectivity index (χ0v) is 11.5. The third-order valence-electron chi connectivity index (χ3n) is 3.18. The van der Waals surface area contributed by atoms with Crippen LogP contribution in [0.5, 0.6) is 0 Å². The minimum Gasteiger partial charge on any atom is -0.399 e. The Hall–Kier alpha value is -1.88. The van der Waals surface area contributed by atoms with Crippen LogP contribution in [0.25, 0.3) is 0 Å². The molecule has 2 N–H and O–H groups in total. The molecule has 0 radical (unpaired) electrons. The fourth-order valence-electron chi connectivity index (χ4n) is 1.70. The number of nitrogen functional groups attached to an aromatic ring is 1. The molecule has 1 aromatic heterocycles. The van der Waals surface area contributed by atoms with E-state index in [1.54, 1.807) is 7.11 Å². The van der Waals surface area contributed by atoms with Crippen LogP contribution >= 0.6 is 0 Å². The number of methoxy groups -OCH3 is 1. The smallest absolute Gasteiger partial charge is 0.227 e. The number of para-hydroxylation sites is 1. The molecule has 0 bridgehead atoms. The molecule has 0 spiro atoms. The van der Waals surface area contributed by atoms with Gasteiger partial charge in [0, 0.05) is 19.2 Å². The highest BCUT2D eigenvalue weighted by atomic mass is 16.5. The molecule has 0 amide bonds. The molecule has 5 nitrogen and oxygen atoms in total. The van der Waals surface area contributed by atoms with E-state index in [9.17, 15) is 0 Å². The average molecular weight is 261 g/mol. The summed E-state index contributed by atoms with van der Waals surface area (Å²) >= 11 is 0. The van der Waals surface area contributed by atoms with Crippen molar-refractivity contribution in [3.63, 3.8) is 0 Å². The maximum absolute atomic E-state index is 5.89. The van der Waals surface area contributed by atoms with E-state index >= 15 is 0 Å². The van der Waals surface area contributed by atoms with Gasteiger partial charge in [0.1, 0.15) is 5.60 Å². The van der Waals surface area contributed by atoms with Gasteiger partial charge in [-0.15, -0.1) is 0 Å². The fourth-order valence-corrected chi connectivity index (χ4v) is 1.70. The summed E-state index contributed by atoms with van der Waals surface area (Å²) in [7, 11) is 1.63. The zero-order chi connectivity index (χ0) is 13.9. The van der Waals surface area contributed by atoms with Crippen LogP contribution < -0.4 is 5.73 Å². The second-order valence-corrected chi connectivity index (χ2v) is 4.92. The number of hydrogen-bond donors (Lipinski definition) is 1. The lowest BCUT2D eigenvalue weighted by molar-refractivity contribution is 0.00973. The summed E-state index contributed by atoms with van der Waals surface area (Å²) in [6, 6.07) is 7.79. The summed E-state index contributed by atoms with van der Waals surface area (Å²) in [6.07, 6.45) is 1.45. The van der Waals surface area contributed by atoms with Gasteiger partial charge in [-0.3, -0.25) is 0 Å². The first-order valence-corrected chi connectivity index (χ1v) is 6.24. The summed E-state index contributed by atoms with van der Waals surface area (Å²) in [4.78, 5) is 4.35. The normalized spacial score (nSPS) is 11.7. The standard InChI is InChI=1S/C14H19N3O2/c1-14(2,18-3)13-16-12(19-17-13)9-8-10-6-4-5-7-11(10)15/h4-7H,8-9,15H2,1-3H3. The summed E-state index contributed by atoms with van der Waals surface area (Å²) in [5.74, 6) is 1.16. The number of ether oxygens (including phenoxy) is 1. The fraction of sp³-hybridized carbons (Fsp3) is 0.429. The van der Waals surface area contributed by atoms with Gasteiger partial charge < -0.3 is 15.0 Å². The van der Waals surface area contributed by atoms with Crippen molar-refractivity contribution in [3.8, 4) is 0 Å². The van der Waals surface area contributed by atoms with Crippen molar-refractivity contribution in [2.75, 3.05) is 12.8 Å². The van der Waals surface area contributed by atoms with Crippen molar-refractivity contribution in [1.82, 2.24) is 10.1 Å². The molecule has 0 unspecified atom stereocenters. The van der Waals surface area contributed by atoms with Gasteiger partial charge in [-0.25, -0.2) is 0 Å². The zero-order valence-electron chi connectivity index (χ0n) is 11.5. The van der Waals surface area contributed by atoms with Crippen molar-refractivity contribution < 1.29 is 9.26 Å². The molecule has 2 aromatic rings. The molecule has 0 aliphatic heterocycles. The molecule has 19 heavy (non-hydrogen) atoms. The first-order chi connectivity index (χ1) is 9.03. The van der Waals surface area contributed by atoms with Crippen LogP contribution in [-0.4, -0.2) is 17.3 Å². The van der Waals surface area contributed by atoms with Crippen LogP contribution in [-0.2, 0) is 23.2 Å². The van der Waals surface area contributed by atoms with E-state index in [4.69, 9.17) is 15.0 Å². The highest BCUT2D eigenvalue weighted by Gasteiger charge is 2.26. The molecule has 2 rings (SSSR count). The lowest BCUT2D eigenvalue weighted by atomic mass is 10.1. The number of benzene rings is 1. The molecule has 0 saturated heterocycles. The highest BCUT2D eigenvalue weighted by molar-refractivity contribution is 5.46. The van der Waals surface area contributed by atoms with Gasteiger partial charge in [-0.2, -0.15) is 4.98 Å². The second-order valence-electron chi connectivity index (χ2n) is 4.92. The quantitative estimate of drug-likeness (QED) is 0.836. The summed E-state index contributed by atoms with van der Waals surface area (Å²) < 4.78 is 10.5. The van der Waals surface area contributed by atoms with Crippen LogP contribution in [0.15, 0.2) is 28.8 Å². The van der Waals surface area contributed by atoms with Crippen molar-refractivity contribution in [2.45, 2.75) is 32.3 Å². The lowest BCUT2D eigenvalue weighted by Crippen LogP contribution is -2.21. The highest BCUT2D eigenvalue weighted by Crippen LogP contribution is 2.21. The predicted octanol–water partition coefficient (Wildman–Crippen LogP) is 2.32. The van der Waals surface area contributed by atoms with Crippen molar-refractivity contribution in [3.05, 3.63) is 41.5 Å². The van der Waals surface area contributed by atoms with Crippen LogP contribution in [0.4, 0.5) is 5.69 Å². The summed E-state index contributed by atoms with van der Waals surface area (Å²) in [5.41, 5.74) is 7.24. The van der Waals surface area contributed by atoms with Gasteiger partial charge >= 0.3 is 0 Å². The number of aryl methyl sites for hydroxylation is 2. The number of rotatable bonds is 5. The Morgan fingerprint density at radius 2 is 2.00 bits per heavy atom. The molecular formula is C14H19N3O2. The number of anilines is 1. The topological polar surface area (TPSA) is 74.2 Å². The summed E-state index contributed by atoms with van der Waals surface area (Å²) in [6.45, 7) is 3.80. The monoisotopic (exact) mass is 261 g/mol. The van der Waals surface area contributed by atoms with E-state index in [2.05, 4.69) is 10.1 Å². The van der Waals surface area contributed by atoms with Crippen molar-refractivity contribution in [2.24, 2.45) is 0 Å². The number of nitrogens with two attached hydrogens (primary N) is 1. The molecule has 0 fully saturated rings. The largest absolute Gasteiger partial charge is 0.399 e. The Morgan fingerprint density at radius 3 is 2.68 bits per heavy atom.